The topological polar surface area (TPSA) is 108 Å². The molecule has 25 heavy (non-hydrogen) atoms. The van der Waals surface area contributed by atoms with Gasteiger partial charge in [0.15, 0.2) is 0 Å². The first-order valence-electron chi connectivity index (χ1n) is 7.21. The maximum atomic E-state index is 12.9. The molecule has 0 atom stereocenters. The Morgan fingerprint density at radius 1 is 1.20 bits per heavy atom. The number of nitrogens with zero attached hydrogens (tertiary/aromatic N) is 2. The zero-order valence-corrected chi connectivity index (χ0v) is 13.8. The fraction of sp³-hybridized carbons (Fsp3) is 0.0588. The summed E-state index contributed by atoms with van der Waals surface area (Å²) in [4.78, 5) is 35.1. The van der Waals surface area contributed by atoms with Crippen LogP contribution in [-0.2, 0) is 0 Å². The minimum absolute atomic E-state index is 0.0616. The Morgan fingerprint density at radius 3 is 2.52 bits per heavy atom. The van der Waals surface area contributed by atoms with Gasteiger partial charge in [0, 0.05) is 22.7 Å². The number of halogens is 1. The predicted molar refractivity (Wildman–Crippen MR) is 93.0 cm³/mol. The maximum absolute atomic E-state index is 12.9. The molecule has 2 aromatic carbocycles. The zero-order chi connectivity index (χ0) is 18.3. The number of hydrogen-bond acceptors (Lipinski definition) is 4. The first-order chi connectivity index (χ1) is 11.8. The normalized spacial score (nSPS) is 10.8. The molecule has 0 bridgehead atoms. The number of carbonyl (C=O) groups excluding carboxylic acids is 2. The minimum atomic E-state index is -0.658. The van der Waals surface area contributed by atoms with Crippen molar-refractivity contribution in [3.63, 3.8) is 0 Å². The highest BCUT2D eigenvalue weighted by Crippen LogP contribution is 2.29. The number of rotatable bonds is 3. The summed E-state index contributed by atoms with van der Waals surface area (Å²) in [6.45, 7) is 1.60. The molecule has 2 N–H and O–H groups in total. The highest BCUT2D eigenvalue weighted by Gasteiger charge is 2.24. The van der Waals surface area contributed by atoms with E-state index in [9.17, 15) is 19.7 Å². The van der Waals surface area contributed by atoms with Crippen LogP contribution in [0.2, 0.25) is 5.02 Å². The fourth-order valence-corrected chi connectivity index (χ4v) is 3.04. The summed E-state index contributed by atoms with van der Waals surface area (Å²) in [5.41, 5.74) is 6.27. The Balaban J connectivity index is 2.25. The van der Waals surface area contributed by atoms with Crippen molar-refractivity contribution in [1.29, 1.82) is 0 Å². The molecule has 0 saturated carbocycles. The van der Waals surface area contributed by atoms with E-state index in [0.29, 0.717) is 16.6 Å². The van der Waals surface area contributed by atoms with Crippen LogP contribution < -0.4 is 5.73 Å². The van der Waals surface area contributed by atoms with Crippen LogP contribution in [0.4, 0.5) is 5.69 Å². The maximum Gasteiger partial charge on any atom is 0.288 e. The van der Waals surface area contributed by atoms with Crippen LogP contribution in [0.25, 0.3) is 10.9 Å². The third kappa shape index (κ3) is 2.64. The van der Waals surface area contributed by atoms with Crippen molar-refractivity contribution in [1.82, 2.24) is 4.57 Å². The lowest BCUT2D eigenvalue weighted by Gasteiger charge is -2.07. The lowest BCUT2D eigenvalue weighted by atomic mass is 10.1. The Morgan fingerprint density at radius 2 is 1.88 bits per heavy atom. The van der Waals surface area contributed by atoms with Crippen molar-refractivity contribution >= 4 is 40.0 Å². The SMILES string of the molecule is Cc1c(C(N)=O)c2ccccc2n1C(=O)c1ccc(Cl)c([N+](=O)[O-])c1. The molecule has 3 aromatic rings. The predicted octanol–water partition coefficient (Wildman–Crippen LogP) is 3.30. The summed E-state index contributed by atoms with van der Waals surface area (Å²) < 4.78 is 1.32. The van der Waals surface area contributed by atoms with E-state index in [1.165, 1.54) is 16.7 Å². The van der Waals surface area contributed by atoms with Gasteiger partial charge < -0.3 is 5.73 Å². The van der Waals surface area contributed by atoms with Crippen LogP contribution in [0.3, 0.4) is 0 Å². The molecule has 1 aromatic heterocycles. The van der Waals surface area contributed by atoms with Crippen molar-refractivity contribution < 1.29 is 14.5 Å². The Kier molecular flexibility index (Phi) is 4.02. The largest absolute Gasteiger partial charge is 0.366 e. The van der Waals surface area contributed by atoms with Gasteiger partial charge in [0.1, 0.15) is 5.02 Å². The second-order valence-corrected chi connectivity index (χ2v) is 5.81. The molecule has 0 spiro atoms. The minimum Gasteiger partial charge on any atom is -0.366 e. The number of nitro groups is 1. The molecular weight excluding hydrogens is 346 g/mol. The van der Waals surface area contributed by atoms with E-state index < -0.39 is 16.7 Å². The molecule has 0 fully saturated rings. The van der Waals surface area contributed by atoms with E-state index in [2.05, 4.69) is 0 Å². The lowest BCUT2D eigenvalue weighted by Crippen LogP contribution is -2.16. The van der Waals surface area contributed by atoms with Gasteiger partial charge in [0.2, 0.25) is 0 Å². The van der Waals surface area contributed by atoms with E-state index in [-0.39, 0.29) is 21.8 Å². The van der Waals surface area contributed by atoms with Gasteiger partial charge >= 0.3 is 0 Å². The van der Waals surface area contributed by atoms with Crippen molar-refractivity contribution in [3.05, 3.63) is 74.4 Å². The van der Waals surface area contributed by atoms with Crippen molar-refractivity contribution in [2.75, 3.05) is 0 Å². The van der Waals surface area contributed by atoms with Crippen molar-refractivity contribution in [2.24, 2.45) is 5.73 Å². The van der Waals surface area contributed by atoms with E-state index in [4.69, 9.17) is 17.3 Å². The van der Waals surface area contributed by atoms with Gasteiger partial charge in [-0.15, -0.1) is 0 Å². The second kappa shape index (κ2) is 6.03. The standard InChI is InChI=1S/C17H12ClN3O4/c1-9-15(16(19)22)11-4-2-3-5-13(11)20(9)17(23)10-6-7-12(18)14(8-10)21(24)25/h2-8H,1H3,(H2,19,22). The first kappa shape index (κ1) is 16.7. The molecule has 8 heteroatoms. The Labute approximate surface area is 146 Å². The molecule has 126 valence electrons. The van der Waals surface area contributed by atoms with Gasteiger partial charge in [-0.1, -0.05) is 29.8 Å². The Hall–Kier alpha value is -3.19. The highest BCUT2D eigenvalue weighted by molar-refractivity contribution is 6.32. The zero-order valence-electron chi connectivity index (χ0n) is 13.0. The number of benzene rings is 2. The van der Waals surface area contributed by atoms with Gasteiger partial charge in [-0.25, -0.2) is 0 Å². The van der Waals surface area contributed by atoms with Gasteiger partial charge in [-0.3, -0.25) is 24.3 Å². The highest BCUT2D eigenvalue weighted by atomic mass is 35.5. The fourth-order valence-electron chi connectivity index (χ4n) is 2.85. The molecule has 0 unspecified atom stereocenters. The van der Waals surface area contributed by atoms with E-state index in [1.807, 2.05) is 0 Å². The van der Waals surface area contributed by atoms with Crippen LogP contribution in [0.5, 0.6) is 0 Å². The van der Waals surface area contributed by atoms with Gasteiger partial charge in [-0.05, 0) is 25.1 Å². The van der Waals surface area contributed by atoms with Crippen LogP contribution >= 0.6 is 11.6 Å². The summed E-state index contributed by atoms with van der Waals surface area (Å²) in [5.74, 6) is -1.16. The summed E-state index contributed by atoms with van der Waals surface area (Å²) in [6.07, 6.45) is 0. The monoisotopic (exact) mass is 357 g/mol. The van der Waals surface area contributed by atoms with Crippen LogP contribution in [0.1, 0.15) is 26.4 Å². The number of primary amides is 1. The van der Waals surface area contributed by atoms with Gasteiger partial charge in [0.05, 0.1) is 16.0 Å². The molecule has 1 amide bonds. The number of carbonyl (C=O) groups is 2. The number of aromatic nitrogens is 1. The average Bonchev–Trinajstić information content (AvgIpc) is 2.86. The Bertz CT molecular complexity index is 1060. The molecule has 0 aliphatic heterocycles. The second-order valence-electron chi connectivity index (χ2n) is 5.41. The summed E-state index contributed by atoms with van der Waals surface area (Å²) >= 11 is 5.79. The molecule has 0 aliphatic carbocycles. The molecule has 3 rings (SSSR count). The third-order valence-electron chi connectivity index (χ3n) is 3.95. The van der Waals surface area contributed by atoms with E-state index in [1.54, 1.807) is 31.2 Å². The van der Waals surface area contributed by atoms with E-state index >= 15 is 0 Å². The number of nitro benzene ring substituents is 1. The molecule has 0 saturated heterocycles. The molecule has 7 nitrogen and oxygen atoms in total. The molecule has 1 heterocycles. The van der Waals surface area contributed by atoms with Crippen LogP contribution in [-0.4, -0.2) is 21.3 Å². The number of amides is 1. The average molecular weight is 358 g/mol. The van der Waals surface area contributed by atoms with Crippen molar-refractivity contribution in [2.45, 2.75) is 6.92 Å². The molecule has 0 radical (unpaired) electrons. The summed E-state index contributed by atoms with van der Waals surface area (Å²) in [6, 6.07) is 10.6. The molecular formula is C17H12ClN3O4. The number of hydrogen-bond donors (Lipinski definition) is 1. The summed E-state index contributed by atoms with van der Waals surface area (Å²) in [7, 11) is 0. The van der Waals surface area contributed by atoms with Crippen LogP contribution in [0.15, 0.2) is 42.5 Å². The van der Waals surface area contributed by atoms with E-state index in [0.717, 1.165) is 6.07 Å². The molecule has 0 aliphatic rings. The number of para-hydroxylation sites is 1. The van der Waals surface area contributed by atoms with Gasteiger partial charge in [-0.2, -0.15) is 0 Å². The van der Waals surface area contributed by atoms with Gasteiger partial charge in [0.25, 0.3) is 17.5 Å². The van der Waals surface area contributed by atoms with Crippen LogP contribution in [0, 0.1) is 17.0 Å². The first-order valence-corrected chi connectivity index (χ1v) is 7.59. The summed E-state index contributed by atoms with van der Waals surface area (Å²) in [5, 5.41) is 11.5. The number of nitrogens with two attached hydrogens (primary N) is 1. The smallest absolute Gasteiger partial charge is 0.288 e. The lowest BCUT2D eigenvalue weighted by molar-refractivity contribution is -0.384. The third-order valence-corrected chi connectivity index (χ3v) is 4.27. The quantitative estimate of drug-likeness (QED) is 0.573. The van der Waals surface area contributed by atoms with Crippen molar-refractivity contribution in [3.8, 4) is 0 Å². The number of fused-ring (bicyclic) bond motifs is 1.